The molecule has 1 amide bonds. The number of pyridine rings is 1. The first-order chi connectivity index (χ1) is 7.70. The van der Waals surface area contributed by atoms with Gasteiger partial charge in [-0.2, -0.15) is 0 Å². The average Bonchev–Trinajstić information content (AvgIpc) is 2.59. The van der Waals surface area contributed by atoms with Gasteiger partial charge in [-0.15, -0.1) is 0 Å². The van der Waals surface area contributed by atoms with Crippen molar-refractivity contribution in [2.75, 3.05) is 18.1 Å². The number of carbonyl (C=O) groups is 1. The van der Waals surface area contributed by atoms with E-state index in [9.17, 15) is 4.79 Å². The molecule has 2 rings (SSSR count). The molecule has 1 unspecified atom stereocenters. The lowest BCUT2D eigenvalue weighted by Crippen LogP contribution is -2.24. The van der Waals surface area contributed by atoms with Gasteiger partial charge in [-0.25, -0.2) is 4.98 Å². The molecule has 0 radical (unpaired) electrons. The van der Waals surface area contributed by atoms with Crippen LogP contribution in [0.3, 0.4) is 0 Å². The minimum atomic E-state index is 0.132. The van der Waals surface area contributed by atoms with Crippen LogP contribution in [0.2, 0.25) is 0 Å². The molecule has 1 saturated heterocycles. The minimum absolute atomic E-state index is 0.132. The smallest absolute Gasteiger partial charge is 0.228 e. The molecule has 1 fully saturated rings. The maximum absolute atomic E-state index is 11.6. The van der Waals surface area contributed by atoms with Gasteiger partial charge in [-0.05, 0) is 13.0 Å². The van der Waals surface area contributed by atoms with Crippen molar-refractivity contribution in [2.45, 2.75) is 18.2 Å². The fraction of sp³-hybridized carbons (Fsp3) is 0.455. The minimum Gasteiger partial charge on any atom is -0.478 e. The van der Waals surface area contributed by atoms with Gasteiger partial charge in [0.25, 0.3) is 0 Å². The van der Waals surface area contributed by atoms with E-state index < -0.39 is 0 Å². The third kappa shape index (κ3) is 2.35. The van der Waals surface area contributed by atoms with Crippen LogP contribution in [-0.4, -0.2) is 28.9 Å². The number of halogens is 1. The lowest BCUT2D eigenvalue weighted by molar-refractivity contribution is -0.117. The normalized spacial score (nSPS) is 20.2. The van der Waals surface area contributed by atoms with Crippen molar-refractivity contribution in [3.8, 4) is 5.88 Å². The Hall–Kier alpha value is -1.10. The van der Waals surface area contributed by atoms with Crippen LogP contribution in [0.25, 0.3) is 0 Å². The molecule has 1 aromatic rings. The van der Waals surface area contributed by atoms with E-state index in [0.717, 1.165) is 5.69 Å². The highest BCUT2D eigenvalue weighted by Crippen LogP contribution is 2.25. The average molecular weight is 285 g/mol. The summed E-state index contributed by atoms with van der Waals surface area (Å²) < 4.78 is 5.25. The molecule has 4 nitrogen and oxygen atoms in total. The summed E-state index contributed by atoms with van der Waals surface area (Å²) in [6, 6.07) is 3.65. The lowest BCUT2D eigenvalue weighted by atomic mass is 10.4. The van der Waals surface area contributed by atoms with Crippen molar-refractivity contribution >= 4 is 27.5 Å². The van der Waals surface area contributed by atoms with Crippen LogP contribution in [0, 0.1) is 0 Å². The molecule has 0 saturated carbocycles. The Labute approximate surface area is 103 Å². The maximum Gasteiger partial charge on any atom is 0.228 e. The van der Waals surface area contributed by atoms with Crippen LogP contribution in [0.15, 0.2) is 18.3 Å². The topological polar surface area (TPSA) is 42.4 Å². The molecule has 5 heteroatoms. The standard InChI is InChI=1S/C11H13BrN2O2/c1-2-16-10-4-3-9(6-13-10)14-7-8(12)5-11(14)15/h3-4,6,8H,2,5,7H2,1H3. The summed E-state index contributed by atoms with van der Waals surface area (Å²) in [4.78, 5) is 17.8. The van der Waals surface area contributed by atoms with Crippen LogP contribution in [0.4, 0.5) is 5.69 Å². The van der Waals surface area contributed by atoms with Crippen LogP contribution in [0.5, 0.6) is 5.88 Å². The third-order valence-electron chi connectivity index (χ3n) is 2.40. The van der Waals surface area contributed by atoms with E-state index in [4.69, 9.17) is 4.74 Å². The Morgan fingerprint density at radius 3 is 2.94 bits per heavy atom. The van der Waals surface area contributed by atoms with Crippen molar-refractivity contribution < 1.29 is 9.53 Å². The van der Waals surface area contributed by atoms with Crippen molar-refractivity contribution in [3.63, 3.8) is 0 Å². The number of ether oxygens (including phenoxy) is 1. The fourth-order valence-electron chi connectivity index (χ4n) is 1.68. The zero-order chi connectivity index (χ0) is 11.5. The molecule has 2 heterocycles. The molecule has 16 heavy (non-hydrogen) atoms. The van der Waals surface area contributed by atoms with Gasteiger partial charge in [0.1, 0.15) is 0 Å². The predicted octanol–water partition coefficient (Wildman–Crippen LogP) is 1.98. The number of alkyl halides is 1. The first-order valence-corrected chi connectivity index (χ1v) is 6.15. The van der Waals surface area contributed by atoms with E-state index in [1.54, 1.807) is 17.2 Å². The predicted molar refractivity (Wildman–Crippen MR) is 65.1 cm³/mol. The van der Waals surface area contributed by atoms with Gasteiger partial charge < -0.3 is 9.64 Å². The molecule has 0 aromatic carbocycles. The number of hydrogen-bond acceptors (Lipinski definition) is 3. The third-order valence-corrected chi connectivity index (χ3v) is 3.02. The number of aromatic nitrogens is 1. The van der Waals surface area contributed by atoms with Crippen molar-refractivity contribution in [2.24, 2.45) is 0 Å². The second kappa shape index (κ2) is 4.82. The Balaban J connectivity index is 2.12. The first kappa shape index (κ1) is 11.4. The number of nitrogens with zero attached hydrogens (tertiary/aromatic N) is 2. The van der Waals surface area contributed by atoms with Gasteiger partial charge in [0.15, 0.2) is 0 Å². The monoisotopic (exact) mass is 284 g/mol. The second-order valence-corrected chi connectivity index (χ2v) is 4.89. The fourth-order valence-corrected chi connectivity index (χ4v) is 2.25. The number of rotatable bonds is 3. The molecule has 0 bridgehead atoms. The number of hydrogen-bond donors (Lipinski definition) is 0. The van der Waals surface area contributed by atoms with Crippen LogP contribution in [-0.2, 0) is 4.79 Å². The van der Waals surface area contributed by atoms with Crippen molar-refractivity contribution in [1.29, 1.82) is 0 Å². The largest absolute Gasteiger partial charge is 0.478 e. The van der Waals surface area contributed by atoms with E-state index in [0.29, 0.717) is 25.5 Å². The molecule has 1 atom stereocenters. The van der Waals surface area contributed by atoms with Gasteiger partial charge in [0.2, 0.25) is 11.8 Å². The summed E-state index contributed by atoms with van der Waals surface area (Å²) >= 11 is 3.45. The number of anilines is 1. The Bertz CT molecular complexity index is 380. The number of amides is 1. The molecule has 1 aliphatic rings. The summed E-state index contributed by atoms with van der Waals surface area (Å²) in [6.45, 7) is 3.21. The summed E-state index contributed by atoms with van der Waals surface area (Å²) in [5, 5.41) is 0. The van der Waals surface area contributed by atoms with E-state index in [1.165, 1.54) is 0 Å². The van der Waals surface area contributed by atoms with Crippen LogP contribution >= 0.6 is 15.9 Å². The van der Waals surface area contributed by atoms with E-state index in [1.807, 2.05) is 13.0 Å². The molecule has 0 aliphatic carbocycles. The Morgan fingerprint density at radius 1 is 1.62 bits per heavy atom. The summed E-state index contributed by atoms with van der Waals surface area (Å²) in [5.41, 5.74) is 0.829. The van der Waals surface area contributed by atoms with Gasteiger partial charge in [0.05, 0.1) is 18.5 Å². The zero-order valence-corrected chi connectivity index (χ0v) is 10.6. The molecule has 0 N–H and O–H groups in total. The SMILES string of the molecule is CCOc1ccc(N2CC(Br)CC2=O)cn1. The molecule has 0 spiro atoms. The van der Waals surface area contributed by atoms with E-state index in [2.05, 4.69) is 20.9 Å². The van der Waals surface area contributed by atoms with Crippen molar-refractivity contribution in [1.82, 2.24) is 4.98 Å². The number of carbonyl (C=O) groups excluding carboxylic acids is 1. The summed E-state index contributed by atoms with van der Waals surface area (Å²) in [6.07, 6.45) is 2.22. The molecule has 1 aliphatic heterocycles. The lowest BCUT2D eigenvalue weighted by Gasteiger charge is -2.15. The second-order valence-electron chi connectivity index (χ2n) is 3.59. The highest BCUT2D eigenvalue weighted by Gasteiger charge is 2.28. The van der Waals surface area contributed by atoms with E-state index in [-0.39, 0.29) is 10.7 Å². The molecular formula is C11H13BrN2O2. The highest BCUT2D eigenvalue weighted by atomic mass is 79.9. The summed E-state index contributed by atoms with van der Waals surface area (Å²) in [5.74, 6) is 0.723. The Morgan fingerprint density at radius 2 is 2.44 bits per heavy atom. The summed E-state index contributed by atoms with van der Waals surface area (Å²) in [7, 11) is 0. The maximum atomic E-state index is 11.6. The quantitative estimate of drug-likeness (QED) is 0.797. The van der Waals surface area contributed by atoms with Gasteiger partial charge >= 0.3 is 0 Å². The van der Waals surface area contributed by atoms with Crippen LogP contribution in [0.1, 0.15) is 13.3 Å². The van der Waals surface area contributed by atoms with Gasteiger partial charge in [-0.1, -0.05) is 15.9 Å². The van der Waals surface area contributed by atoms with Gasteiger partial charge in [0, 0.05) is 23.9 Å². The highest BCUT2D eigenvalue weighted by molar-refractivity contribution is 9.09. The molecule has 1 aromatic heterocycles. The molecule has 86 valence electrons. The van der Waals surface area contributed by atoms with E-state index >= 15 is 0 Å². The zero-order valence-electron chi connectivity index (χ0n) is 9.02. The Kier molecular flexibility index (Phi) is 3.43. The van der Waals surface area contributed by atoms with Crippen LogP contribution < -0.4 is 9.64 Å². The first-order valence-electron chi connectivity index (χ1n) is 5.24. The van der Waals surface area contributed by atoms with Gasteiger partial charge in [-0.3, -0.25) is 4.79 Å². The van der Waals surface area contributed by atoms with Crippen molar-refractivity contribution in [3.05, 3.63) is 18.3 Å². The molecular weight excluding hydrogens is 272 g/mol.